The Labute approximate surface area is 188 Å². The molecule has 0 N–H and O–H groups in total. The van der Waals surface area contributed by atoms with Gasteiger partial charge < -0.3 is 9.47 Å². The van der Waals surface area contributed by atoms with Gasteiger partial charge in [-0.25, -0.2) is 4.79 Å². The molecule has 0 aromatic heterocycles. The van der Waals surface area contributed by atoms with E-state index in [-0.39, 0.29) is 6.10 Å². The normalized spacial score (nSPS) is 21.7. The zero-order valence-electron chi connectivity index (χ0n) is 20.8. The second kappa shape index (κ2) is 17.9. The van der Waals surface area contributed by atoms with Crippen LogP contribution in [0, 0.1) is 17.8 Å². The van der Waals surface area contributed by atoms with Crippen LogP contribution in [-0.2, 0) is 9.47 Å². The van der Waals surface area contributed by atoms with Gasteiger partial charge in [-0.2, -0.15) is 0 Å². The Morgan fingerprint density at radius 1 is 0.800 bits per heavy atom. The van der Waals surface area contributed by atoms with Crippen molar-refractivity contribution in [3.8, 4) is 0 Å². The molecule has 1 aliphatic rings. The van der Waals surface area contributed by atoms with Gasteiger partial charge in [-0.1, -0.05) is 111 Å². The van der Waals surface area contributed by atoms with Gasteiger partial charge in [0, 0.05) is 0 Å². The zero-order valence-corrected chi connectivity index (χ0v) is 20.8. The van der Waals surface area contributed by atoms with Crippen molar-refractivity contribution in [2.45, 2.75) is 143 Å². The third kappa shape index (κ3) is 13.5. The van der Waals surface area contributed by atoms with Crippen molar-refractivity contribution in [1.29, 1.82) is 0 Å². The molecule has 0 aromatic carbocycles. The summed E-state index contributed by atoms with van der Waals surface area (Å²) >= 11 is 0. The van der Waals surface area contributed by atoms with Crippen LogP contribution in [0.4, 0.5) is 4.79 Å². The summed E-state index contributed by atoms with van der Waals surface area (Å²) < 4.78 is 11.0. The van der Waals surface area contributed by atoms with E-state index in [4.69, 9.17) is 9.47 Å². The SMILES string of the molecule is CCCCCCCCCCCCCCCCOC(=O)OC1CC(C(C)C)CCC1C. The maximum absolute atomic E-state index is 12.0. The predicted octanol–water partition coefficient (Wildman–Crippen LogP) is 9.08. The van der Waals surface area contributed by atoms with Gasteiger partial charge in [-0.05, 0) is 43.4 Å². The van der Waals surface area contributed by atoms with Crippen LogP contribution in [0.3, 0.4) is 0 Å². The topological polar surface area (TPSA) is 35.5 Å². The molecule has 1 saturated carbocycles. The van der Waals surface area contributed by atoms with Gasteiger partial charge in [-0.3, -0.25) is 0 Å². The van der Waals surface area contributed by atoms with Gasteiger partial charge >= 0.3 is 6.16 Å². The third-order valence-electron chi connectivity index (χ3n) is 7.07. The number of carbonyl (C=O) groups excluding carboxylic acids is 1. The van der Waals surface area contributed by atoms with Crippen molar-refractivity contribution < 1.29 is 14.3 Å². The van der Waals surface area contributed by atoms with Crippen LogP contribution in [0.25, 0.3) is 0 Å². The van der Waals surface area contributed by atoms with Crippen molar-refractivity contribution in [3.63, 3.8) is 0 Å². The first-order valence-electron chi connectivity index (χ1n) is 13.4. The highest BCUT2D eigenvalue weighted by atomic mass is 16.7. The number of unbranched alkanes of at least 4 members (excludes halogenated alkanes) is 13. The molecule has 0 heterocycles. The smallest absolute Gasteiger partial charge is 0.434 e. The monoisotopic (exact) mass is 424 g/mol. The fourth-order valence-electron chi connectivity index (χ4n) is 4.69. The van der Waals surface area contributed by atoms with Crippen LogP contribution in [0.1, 0.15) is 137 Å². The molecule has 1 rings (SSSR count). The molecule has 0 saturated heterocycles. The molecule has 3 nitrogen and oxygen atoms in total. The standard InChI is InChI=1S/C27H52O3/c1-5-6-7-8-9-10-11-12-13-14-15-16-17-18-21-29-27(28)30-26-22-25(23(2)3)20-19-24(26)4/h23-26H,5-22H2,1-4H3. The number of hydrogen-bond acceptors (Lipinski definition) is 3. The van der Waals surface area contributed by atoms with Crippen molar-refractivity contribution >= 4 is 6.16 Å². The van der Waals surface area contributed by atoms with E-state index in [9.17, 15) is 4.79 Å². The largest absolute Gasteiger partial charge is 0.508 e. The van der Waals surface area contributed by atoms with Crippen molar-refractivity contribution in [1.82, 2.24) is 0 Å². The highest BCUT2D eigenvalue weighted by Gasteiger charge is 2.32. The lowest BCUT2D eigenvalue weighted by molar-refractivity contribution is -0.0239. The molecule has 1 aliphatic carbocycles. The molecular formula is C27H52O3. The minimum atomic E-state index is -0.453. The van der Waals surface area contributed by atoms with E-state index in [1.54, 1.807) is 0 Å². The minimum absolute atomic E-state index is 0.0370. The molecule has 178 valence electrons. The Morgan fingerprint density at radius 3 is 1.80 bits per heavy atom. The van der Waals surface area contributed by atoms with Gasteiger partial charge in [0.2, 0.25) is 0 Å². The molecule has 0 spiro atoms. The molecular weight excluding hydrogens is 372 g/mol. The molecule has 30 heavy (non-hydrogen) atoms. The van der Waals surface area contributed by atoms with E-state index in [0.717, 1.165) is 25.7 Å². The summed E-state index contributed by atoms with van der Waals surface area (Å²) in [5, 5.41) is 0. The summed E-state index contributed by atoms with van der Waals surface area (Å²) in [7, 11) is 0. The summed E-state index contributed by atoms with van der Waals surface area (Å²) in [4.78, 5) is 12.0. The van der Waals surface area contributed by atoms with Crippen molar-refractivity contribution in [2.24, 2.45) is 17.8 Å². The Hall–Kier alpha value is -0.730. The first-order chi connectivity index (χ1) is 14.5. The Balaban J connectivity index is 1.89. The second-order valence-corrected chi connectivity index (χ2v) is 10.1. The highest BCUT2D eigenvalue weighted by Crippen LogP contribution is 2.35. The lowest BCUT2D eigenvalue weighted by Gasteiger charge is -2.35. The van der Waals surface area contributed by atoms with Crippen LogP contribution in [0.2, 0.25) is 0 Å². The molecule has 0 bridgehead atoms. The van der Waals surface area contributed by atoms with E-state index >= 15 is 0 Å². The first kappa shape index (κ1) is 27.3. The minimum Gasteiger partial charge on any atom is -0.434 e. The molecule has 0 aliphatic heterocycles. The van der Waals surface area contributed by atoms with Gasteiger partial charge in [-0.15, -0.1) is 0 Å². The maximum atomic E-state index is 12.0. The Kier molecular flexibility index (Phi) is 16.3. The molecule has 0 aromatic rings. The summed E-state index contributed by atoms with van der Waals surface area (Å²) in [5.41, 5.74) is 0. The number of rotatable bonds is 17. The van der Waals surface area contributed by atoms with Crippen LogP contribution in [-0.4, -0.2) is 18.9 Å². The molecule has 0 amide bonds. The van der Waals surface area contributed by atoms with Crippen LogP contribution < -0.4 is 0 Å². The van der Waals surface area contributed by atoms with Crippen molar-refractivity contribution in [2.75, 3.05) is 6.61 Å². The number of ether oxygens (including phenoxy) is 2. The van der Waals surface area contributed by atoms with E-state index in [1.807, 2.05) is 0 Å². The van der Waals surface area contributed by atoms with E-state index in [1.165, 1.54) is 83.5 Å². The molecule has 1 fully saturated rings. The fourth-order valence-corrected chi connectivity index (χ4v) is 4.69. The average molecular weight is 425 g/mol. The van der Waals surface area contributed by atoms with Crippen molar-refractivity contribution in [3.05, 3.63) is 0 Å². The van der Waals surface area contributed by atoms with Crippen LogP contribution in [0.5, 0.6) is 0 Å². The summed E-state index contributed by atoms with van der Waals surface area (Å²) in [5.74, 6) is 1.79. The fraction of sp³-hybridized carbons (Fsp3) is 0.963. The average Bonchev–Trinajstić information content (AvgIpc) is 2.72. The number of carbonyl (C=O) groups is 1. The van der Waals surface area contributed by atoms with Gasteiger partial charge in [0.15, 0.2) is 0 Å². The number of hydrogen-bond donors (Lipinski definition) is 0. The highest BCUT2D eigenvalue weighted by molar-refractivity contribution is 5.60. The van der Waals surface area contributed by atoms with Gasteiger partial charge in [0.1, 0.15) is 6.10 Å². The Bertz CT molecular complexity index is 407. The van der Waals surface area contributed by atoms with E-state index in [0.29, 0.717) is 24.4 Å². The quantitative estimate of drug-likeness (QED) is 0.172. The van der Waals surface area contributed by atoms with Gasteiger partial charge in [0.25, 0.3) is 0 Å². The Morgan fingerprint density at radius 2 is 1.30 bits per heavy atom. The second-order valence-electron chi connectivity index (χ2n) is 10.1. The lowest BCUT2D eigenvalue weighted by atomic mass is 9.76. The first-order valence-corrected chi connectivity index (χ1v) is 13.4. The van der Waals surface area contributed by atoms with E-state index in [2.05, 4.69) is 27.7 Å². The molecule has 3 atom stereocenters. The summed E-state index contributed by atoms with van der Waals surface area (Å²) in [6, 6.07) is 0. The van der Waals surface area contributed by atoms with Gasteiger partial charge in [0.05, 0.1) is 6.61 Å². The zero-order chi connectivity index (χ0) is 22.0. The predicted molar refractivity (Wildman–Crippen MR) is 128 cm³/mol. The maximum Gasteiger partial charge on any atom is 0.508 e. The van der Waals surface area contributed by atoms with Crippen LogP contribution in [0.15, 0.2) is 0 Å². The van der Waals surface area contributed by atoms with E-state index < -0.39 is 6.16 Å². The molecule has 3 unspecified atom stereocenters. The molecule has 0 radical (unpaired) electrons. The third-order valence-corrected chi connectivity index (χ3v) is 7.07. The molecule has 3 heteroatoms. The van der Waals surface area contributed by atoms with Crippen LogP contribution >= 0.6 is 0 Å². The lowest BCUT2D eigenvalue weighted by Crippen LogP contribution is -2.34. The summed E-state index contributed by atoms with van der Waals surface area (Å²) in [6.45, 7) is 9.52. The summed E-state index contributed by atoms with van der Waals surface area (Å²) in [6.07, 6.45) is 21.7.